The lowest BCUT2D eigenvalue weighted by Crippen LogP contribution is -2.45. The highest BCUT2D eigenvalue weighted by atomic mass is 16.5. The van der Waals surface area contributed by atoms with E-state index in [9.17, 15) is 9.59 Å². The van der Waals surface area contributed by atoms with Crippen molar-refractivity contribution in [3.8, 4) is 11.5 Å². The van der Waals surface area contributed by atoms with Crippen molar-refractivity contribution < 1.29 is 23.8 Å². The Morgan fingerprint density at radius 1 is 0.671 bits per heavy atom. The van der Waals surface area contributed by atoms with Crippen molar-refractivity contribution in [1.29, 1.82) is 0 Å². The third-order valence-corrected chi connectivity index (χ3v) is 18.3. The maximum Gasteiger partial charge on any atom is 0.196 e. The zero-order valence-electron chi connectivity index (χ0n) is 49.7. The Bertz CT molecular complexity index is 3800. The molecule has 1 fully saturated rings. The van der Waals surface area contributed by atoms with Crippen molar-refractivity contribution in [2.75, 3.05) is 39.5 Å². The van der Waals surface area contributed by atoms with Gasteiger partial charge >= 0.3 is 0 Å². The number of carbonyl (C=O) groups excluding carboxylic acids is 2. The van der Waals surface area contributed by atoms with Crippen molar-refractivity contribution in [3.05, 3.63) is 203 Å². The second-order valence-electron chi connectivity index (χ2n) is 24.7. The van der Waals surface area contributed by atoms with Gasteiger partial charge in [-0.25, -0.2) is 0 Å². The fraction of sp³-hybridized carbons (Fsp3) is 0.378. The quantitative estimate of drug-likeness (QED) is 0.0614. The average Bonchev–Trinajstić information content (AvgIpc) is 4.18. The molecule has 0 radical (unpaired) electrons. The summed E-state index contributed by atoms with van der Waals surface area (Å²) in [5.74, 6) is 3.38. The molecule has 2 aromatic heterocycles. The molecule has 0 N–H and O–H groups in total. The summed E-state index contributed by atoms with van der Waals surface area (Å²) in [6, 6.07) is 49.6. The van der Waals surface area contributed by atoms with Crippen LogP contribution in [0, 0.1) is 12.8 Å². The third kappa shape index (κ3) is 11.3. The number of unbranched alkanes of at least 4 members (excludes halogenated alkanes) is 3. The lowest BCUT2D eigenvalue weighted by atomic mass is 9.67. The minimum absolute atomic E-state index is 0.0761. The number of para-hydroxylation sites is 2. The molecule has 13 rings (SSSR count). The normalized spacial score (nSPS) is 18.3. The monoisotopic (exact) mass is 1090 g/mol. The molecule has 0 amide bonds. The summed E-state index contributed by atoms with van der Waals surface area (Å²) < 4.78 is 22.8. The van der Waals surface area contributed by atoms with Crippen molar-refractivity contribution in [1.82, 2.24) is 14.0 Å². The number of allylic oxidation sites excluding steroid dienone is 2. The molecule has 3 aliphatic heterocycles. The third-order valence-electron chi connectivity index (χ3n) is 18.3. The maximum absolute atomic E-state index is 14.0. The number of benzene rings is 7. The molecule has 0 unspecified atom stereocenters. The minimum Gasteiger partial charge on any atom is -0.489 e. The number of aryl methyl sites for hydroxylation is 1. The van der Waals surface area contributed by atoms with Crippen LogP contribution in [0.1, 0.15) is 160 Å². The zero-order chi connectivity index (χ0) is 57.1. The molecule has 4 aliphatic rings. The number of carbonyl (C=O) groups is 2. The summed E-state index contributed by atoms with van der Waals surface area (Å²) in [7, 11) is 0. The van der Waals surface area contributed by atoms with E-state index in [0.29, 0.717) is 18.4 Å². The van der Waals surface area contributed by atoms with Crippen LogP contribution < -0.4 is 9.47 Å². The standard InChI is InChI=1S/C27H26N2O3.C25H25NO.C22H32O/c1-18-25(27(30)22-9-4-7-19-6-2-3-8-21(19)22)23-10-5-11-24-26(23)29(18)20(17-32-24)16-28-12-14-31-15-13-28;1-2-3-4-9-17-26-18-23(21-14-7-8-16-24(21)26)25(27)22-15-10-12-19-11-5-6-13-20(19)22;1-7-12-21(3,4)16-9-10-17-18-13-15(2)8-11-19(18)22(5,6)23-20(17)14-16/h2-11,20H,12-17H2,1H3;5-8,10-16,18H,2-4,9,17H2,1H3;8-10,14,18-19H,7,11-13H2,1-6H3/t20-;;18-,19+/m1.0/s1. The number of hydrogen-bond donors (Lipinski definition) is 0. The predicted octanol–water partition coefficient (Wildman–Crippen LogP) is 17.6. The van der Waals surface area contributed by atoms with E-state index in [2.05, 4.69) is 148 Å². The van der Waals surface area contributed by atoms with E-state index in [1.165, 1.54) is 55.2 Å². The van der Waals surface area contributed by atoms with Gasteiger partial charge < -0.3 is 23.3 Å². The van der Waals surface area contributed by atoms with E-state index in [0.717, 1.165) is 135 Å². The van der Waals surface area contributed by atoms with Gasteiger partial charge in [0, 0.05) is 77.0 Å². The second-order valence-corrected chi connectivity index (χ2v) is 24.7. The first-order chi connectivity index (χ1) is 39.8. The molecular weight excluding hydrogens is 1010 g/mol. The summed E-state index contributed by atoms with van der Waals surface area (Å²) >= 11 is 0. The lowest BCUT2D eigenvalue weighted by Gasteiger charge is -2.47. The summed E-state index contributed by atoms with van der Waals surface area (Å²) in [5.41, 5.74) is 10.8. The van der Waals surface area contributed by atoms with E-state index in [1.807, 2.05) is 78.9 Å². The Morgan fingerprint density at radius 3 is 2.02 bits per heavy atom. The van der Waals surface area contributed by atoms with Crippen molar-refractivity contribution in [3.63, 3.8) is 0 Å². The SMILES string of the molecule is CCCC(C)(C)c1ccc2c(c1)OC(C)(C)[C@@H]1CC=C(C)C[C@@H]21.CCCCCCn1cc(C(=O)c2cccc3ccccc23)c2ccccc21.Cc1c(C(=O)c2cccc3ccccc23)c2cccc3c2n1[C@H](CN1CCOCC1)CO3. The molecular formula is C74H83N3O5. The summed E-state index contributed by atoms with van der Waals surface area (Å²) in [6.07, 6.45) is 14.1. The van der Waals surface area contributed by atoms with E-state index < -0.39 is 0 Å². The van der Waals surface area contributed by atoms with Gasteiger partial charge in [-0.15, -0.1) is 0 Å². The van der Waals surface area contributed by atoms with Gasteiger partial charge in [0.15, 0.2) is 11.6 Å². The van der Waals surface area contributed by atoms with Crippen molar-refractivity contribution in [2.24, 2.45) is 5.92 Å². The predicted molar refractivity (Wildman–Crippen MR) is 338 cm³/mol. The first-order valence-electron chi connectivity index (χ1n) is 30.4. The number of ether oxygens (including phenoxy) is 3. The smallest absolute Gasteiger partial charge is 0.196 e. The molecule has 5 heterocycles. The highest BCUT2D eigenvalue weighted by Gasteiger charge is 2.45. The van der Waals surface area contributed by atoms with Gasteiger partial charge in [0.25, 0.3) is 0 Å². The van der Waals surface area contributed by atoms with E-state index in [-0.39, 0.29) is 28.6 Å². The fourth-order valence-electron chi connectivity index (χ4n) is 13.9. The molecule has 424 valence electrons. The highest BCUT2D eigenvalue weighted by Crippen LogP contribution is 2.52. The topological polar surface area (TPSA) is 74.9 Å². The molecule has 8 nitrogen and oxygen atoms in total. The van der Waals surface area contributed by atoms with Gasteiger partial charge in [-0.3, -0.25) is 14.5 Å². The van der Waals surface area contributed by atoms with Gasteiger partial charge in [0.2, 0.25) is 0 Å². The number of rotatable bonds is 14. The molecule has 82 heavy (non-hydrogen) atoms. The van der Waals surface area contributed by atoms with Crippen LogP contribution in [0.5, 0.6) is 11.5 Å². The molecule has 9 aromatic rings. The number of ketones is 2. The van der Waals surface area contributed by atoms with Crippen LogP contribution in [0.2, 0.25) is 0 Å². The summed E-state index contributed by atoms with van der Waals surface area (Å²) in [4.78, 5) is 29.9. The van der Waals surface area contributed by atoms with E-state index in [1.54, 1.807) is 0 Å². The van der Waals surface area contributed by atoms with Crippen LogP contribution >= 0.6 is 0 Å². The van der Waals surface area contributed by atoms with Gasteiger partial charge in [-0.05, 0) is 116 Å². The van der Waals surface area contributed by atoms with Crippen molar-refractivity contribution in [2.45, 2.75) is 136 Å². The van der Waals surface area contributed by atoms with Crippen molar-refractivity contribution >= 4 is 54.9 Å². The summed E-state index contributed by atoms with van der Waals surface area (Å²) in [6.45, 7) is 24.0. The molecule has 7 aromatic carbocycles. The molecule has 1 aliphatic carbocycles. The minimum atomic E-state index is -0.0810. The first-order valence-corrected chi connectivity index (χ1v) is 30.4. The van der Waals surface area contributed by atoms with Gasteiger partial charge in [0.1, 0.15) is 23.7 Å². The largest absolute Gasteiger partial charge is 0.489 e. The first kappa shape index (κ1) is 56.6. The average molecular weight is 1090 g/mol. The number of hydrogen-bond acceptors (Lipinski definition) is 6. The lowest BCUT2D eigenvalue weighted by molar-refractivity contribution is 0.00836. The Hall–Kier alpha value is -7.26. The second kappa shape index (κ2) is 24.3. The molecule has 0 spiro atoms. The number of fused-ring (bicyclic) bond motifs is 6. The van der Waals surface area contributed by atoms with Gasteiger partial charge in [-0.1, -0.05) is 192 Å². The molecule has 1 saturated heterocycles. The van der Waals surface area contributed by atoms with Crippen LogP contribution in [-0.2, 0) is 16.7 Å². The summed E-state index contributed by atoms with van der Waals surface area (Å²) in [5, 5.41) is 6.22. The van der Waals surface area contributed by atoms with E-state index in [4.69, 9.17) is 14.2 Å². The highest BCUT2D eigenvalue weighted by molar-refractivity contribution is 6.23. The Morgan fingerprint density at radius 2 is 1.32 bits per heavy atom. The van der Waals surface area contributed by atoms with Crippen LogP contribution in [-0.4, -0.2) is 70.7 Å². The fourth-order valence-corrected chi connectivity index (χ4v) is 13.9. The Balaban J connectivity index is 0.000000131. The Labute approximate surface area is 486 Å². The number of morpholine rings is 1. The van der Waals surface area contributed by atoms with E-state index >= 15 is 0 Å². The van der Waals surface area contributed by atoms with Crippen LogP contribution in [0.4, 0.5) is 0 Å². The van der Waals surface area contributed by atoms with Crippen LogP contribution in [0.25, 0.3) is 43.4 Å². The van der Waals surface area contributed by atoms with Crippen LogP contribution in [0.15, 0.2) is 163 Å². The molecule has 0 bridgehead atoms. The van der Waals surface area contributed by atoms with Gasteiger partial charge in [-0.2, -0.15) is 0 Å². The Kier molecular flexibility index (Phi) is 16.8. The number of aromatic nitrogens is 2. The molecule has 8 heteroatoms. The molecule has 0 saturated carbocycles. The zero-order valence-corrected chi connectivity index (χ0v) is 49.7. The maximum atomic E-state index is 14.0. The number of nitrogens with zero attached hydrogens (tertiary/aromatic N) is 3. The molecule has 3 atom stereocenters. The van der Waals surface area contributed by atoms with Gasteiger partial charge in [0.05, 0.1) is 30.3 Å². The van der Waals surface area contributed by atoms with Crippen LogP contribution in [0.3, 0.4) is 0 Å².